The predicted octanol–water partition coefficient (Wildman–Crippen LogP) is 2.20. The number of nitrogens with zero attached hydrogens (tertiary/aromatic N) is 2. The van der Waals surface area contributed by atoms with Crippen LogP contribution in [0.5, 0.6) is 0 Å². The minimum absolute atomic E-state index is 0.0870. The molecule has 6 heteroatoms. The highest BCUT2D eigenvalue weighted by Crippen LogP contribution is 2.34. The van der Waals surface area contributed by atoms with Crippen LogP contribution in [0.1, 0.15) is 18.9 Å². The van der Waals surface area contributed by atoms with E-state index in [0.29, 0.717) is 25.1 Å². The van der Waals surface area contributed by atoms with Crippen molar-refractivity contribution in [3.05, 3.63) is 33.9 Å². The Kier molecular flexibility index (Phi) is 3.18. The summed E-state index contributed by atoms with van der Waals surface area (Å²) in [5.74, 6) is -0.798. The van der Waals surface area contributed by atoms with Crippen molar-refractivity contribution < 1.29 is 14.8 Å². The average Bonchev–Trinajstić information content (AvgIpc) is 2.73. The van der Waals surface area contributed by atoms with Crippen molar-refractivity contribution in [2.24, 2.45) is 5.41 Å². The summed E-state index contributed by atoms with van der Waals surface area (Å²) in [6.45, 7) is 4.50. The van der Waals surface area contributed by atoms with E-state index in [4.69, 9.17) is 0 Å². The molecule has 0 bridgehead atoms. The number of anilines is 1. The molecule has 19 heavy (non-hydrogen) atoms. The molecule has 6 nitrogen and oxygen atoms in total. The molecule has 0 aromatic heterocycles. The van der Waals surface area contributed by atoms with Crippen LogP contribution in [0.4, 0.5) is 11.4 Å². The number of carboxylic acid groups (broad SMARTS) is 1. The van der Waals surface area contributed by atoms with Crippen molar-refractivity contribution >= 4 is 17.3 Å². The smallest absolute Gasteiger partial charge is 0.311 e. The number of hydrogen-bond acceptors (Lipinski definition) is 4. The van der Waals surface area contributed by atoms with Gasteiger partial charge in [0.1, 0.15) is 0 Å². The Morgan fingerprint density at radius 3 is 2.68 bits per heavy atom. The second-order valence-electron chi connectivity index (χ2n) is 5.27. The Bertz CT molecular complexity index is 543. The summed E-state index contributed by atoms with van der Waals surface area (Å²) in [5, 5.41) is 20.0. The zero-order chi connectivity index (χ0) is 14.2. The molecular formula is C13H16N2O4. The Hall–Kier alpha value is -2.11. The molecule has 1 aromatic rings. The van der Waals surface area contributed by atoms with Crippen molar-refractivity contribution in [3.63, 3.8) is 0 Å². The van der Waals surface area contributed by atoms with E-state index < -0.39 is 16.3 Å². The molecule has 0 aliphatic carbocycles. The first kappa shape index (κ1) is 13.3. The Labute approximate surface area is 110 Å². The largest absolute Gasteiger partial charge is 0.481 e. The standard InChI is InChI=1S/C13H16N2O4/c1-9-7-10(3-4-11(9)15(18)19)14-6-5-13(2,8-14)12(16)17/h3-4,7H,5-6,8H2,1-2H3,(H,16,17). The number of hydrogen-bond donors (Lipinski definition) is 1. The highest BCUT2D eigenvalue weighted by Gasteiger charge is 2.40. The van der Waals surface area contributed by atoms with Gasteiger partial charge in [0, 0.05) is 30.4 Å². The van der Waals surface area contributed by atoms with Crippen LogP contribution in [0.3, 0.4) is 0 Å². The van der Waals surface area contributed by atoms with E-state index in [-0.39, 0.29) is 5.69 Å². The number of nitro benzene ring substituents is 1. The second kappa shape index (κ2) is 4.53. The summed E-state index contributed by atoms with van der Waals surface area (Å²) in [6.07, 6.45) is 0.582. The molecule has 0 amide bonds. The van der Waals surface area contributed by atoms with Crippen molar-refractivity contribution in [1.29, 1.82) is 0 Å². The monoisotopic (exact) mass is 264 g/mol. The van der Waals surface area contributed by atoms with Gasteiger partial charge in [0.25, 0.3) is 5.69 Å². The van der Waals surface area contributed by atoms with E-state index in [1.54, 1.807) is 26.0 Å². The number of benzene rings is 1. The topological polar surface area (TPSA) is 83.7 Å². The van der Waals surface area contributed by atoms with E-state index >= 15 is 0 Å². The third-order valence-electron chi connectivity index (χ3n) is 3.73. The van der Waals surface area contributed by atoms with E-state index in [2.05, 4.69) is 0 Å². The number of carboxylic acids is 1. The number of rotatable bonds is 3. The van der Waals surface area contributed by atoms with Crippen molar-refractivity contribution in [2.45, 2.75) is 20.3 Å². The average molecular weight is 264 g/mol. The van der Waals surface area contributed by atoms with Crippen LogP contribution in [0.25, 0.3) is 0 Å². The normalized spacial score (nSPS) is 22.5. The van der Waals surface area contributed by atoms with Gasteiger partial charge in [-0.15, -0.1) is 0 Å². The fourth-order valence-electron chi connectivity index (χ4n) is 2.40. The lowest BCUT2D eigenvalue weighted by Gasteiger charge is -2.22. The lowest BCUT2D eigenvalue weighted by Crippen LogP contribution is -2.31. The Morgan fingerprint density at radius 1 is 1.53 bits per heavy atom. The van der Waals surface area contributed by atoms with Crippen LogP contribution in [0.2, 0.25) is 0 Å². The lowest BCUT2D eigenvalue weighted by molar-refractivity contribution is -0.385. The molecule has 1 aliphatic heterocycles. The van der Waals surface area contributed by atoms with Crippen LogP contribution in [0.15, 0.2) is 18.2 Å². The zero-order valence-corrected chi connectivity index (χ0v) is 10.9. The Balaban J connectivity index is 2.23. The SMILES string of the molecule is Cc1cc(N2CCC(C)(C(=O)O)C2)ccc1[N+](=O)[O-]. The van der Waals surface area contributed by atoms with Gasteiger partial charge in [0.15, 0.2) is 0 Å². The van der Waals surface area contributed by atoms with Crippen LogP contribution >= 0.6 is 0 Å². The maximum absolute atomic E-state index is 11.2. The quantitative estimate of drug-likeness (QED) is 0.668. The summed E-state index contributed by atoms with van der Waals surface area (Å²) < 4.78 is 0. The molecule has 0 spiro atoms. The molecule has 0 radical (unpaired) electrons. The molecule has 2 rings (SSSR count). The van der Waals surface area contributed by atoms with Gasteiger partial charge >= 0.3 is 5.97 Å². The first-order chi connectivity index (χ1) is 8.83. The number of nitro groups is 1. The third-order valence-corrected chi connectivity index (χ3v) is 3.73. The minimum atomic E-state index is -0.798. The van der Waals surface area contributed by atoms with Gasteiger partial charge in [0.2, 0.25) is 0 Å². The first-order valence-corrected chi connectivity index (χ1v) is 6.07. The fourth-order valence-corrected chi connectivity index (χ4v) is 2.40. The van der Waals surface area contributed by atoms with Gasteiger partial charge in [-0.05, 0) is 32.4 Å². The van der Waals surface area contributed by atoms with Crippen molar-refractivity contribution in [2.75, 3.05) is 18.0 Å². The van der Waals surface area contributed by atoms with Gasteiger partial charge in [-0.2, -0.15) is 0 Å². The van der Waals surface area contributed by atoms with Gasteiger partial charge in [-0.25, -0.2) is 0 Å². The summed E-state index contributed by atoms with van der Waals surface area (Å²) in [4.78, 5) is 23.5. The fraction of sp³-hybridized carbons (Fsp3) is 0.462. The second-order valence-corrected chi connectivity index (χ2v) is 5.27. The first-order valence-electron chi connectivity index (χ1n) is 6.07. The van der Waals surface area contributed by atoms with Gasteiger partial charge in [-0.3, -0.25) is 14.9 Å². The number of aliphatic carboxylic acids is 1. The molecule has 1 aromatic carbocycles. The molecule has 1 aliphatic rings. The van der Waals surface area contributed by atoms with Crippen LogP contribution < -0.4 is 4.90 Å². The molecule has 1 N–H and O–H groups in total. The van der Waals surface area contributed by atoms with E-state index in [9.17, 15) is 20.0 Å². The molecular weight excluding hydrogens is 248 g/mol. The predicted molar refractivity (Wildman–Crippen MR) is 70.4 cm³/mol. The maximum atomic E-state index is 11.2. The van der Waals surface area contributed by atoms with Crippen LogP contribution in [-0.2, 0) is 4.79 Å². The summed E-state index contributed by atoms with van der Waals surface area (Å²) in [5.41, 5.74) is 0.777. The lowest BCUT2D eigenvalue weighted by atomic mass is 9.90. The summed E-state index contributed by atoms with van der Waals surface area (Å²) >= 11 is 0. The maximum Gasteiger partial charge on any atom is 0.311 e. The van der Waals surface area contributed by atoms with E-state index in [1.165, 1.54) is 6.07 Å². The van der Waals surface area contributed by atoms with Gasteiger partial charge in [-0.1, -0.05) is 0 Å². The molecule has 1 heterocycles. The number of carbonyl (C=O) groups is 1. The van der Waals surface area contributed by atoms with Crippen molar-refractivity contribution in [3.8, 4) is 0 Å². The van der Waals surface area contributed by atoms with Gasteiger partial charge in [0.05, 0.1) is 10.3 Å². The molecule has 0 saturated carbocycles. The highest BCUT2D eigenvalue weighted by molar-refractivity contribution is 5.76. The summed E-state index contributed by atoms with van der Waals surface area (Å²) in [6, 6.07) is 4.89. The molecule has 1 atom stereocenters. The van der Waals surface area contributed by atoms with E-state index in [1.807, 2.05) is 4.90 Å². The van der Waals surface area contributed by atoms with Gasteiger partial charge < -0.3 is 10.0 Å². The highest BCUT2D eigenvalue weighted by atomic mass is 16.6. The van der Waals surface area contributed by atoms with Crippen LogP contribution in [-0.4, -0.2) is 29.1 Å². The van der Waals surface area contributed by atoms with E-state index in [0.717, 1.165) is 5.69 Å². The minimum Gasteiger partial charge on any atom is -0.481 e. The molecule has 1 unspecified atom stereocenters. The molecule has 1 fully saturated rings. The number of aryl methyl sites for hydroxylation is 1. The summed E-state index contributed by atoms with van der Waals surface area (Å²) in [7, 11) is 0. The van der Waals surface area contributed by atoms with Crippen molar-refractivity contribution in [1.82, 2.24) is 0 Å². The molecule has 102 valence electrons. The molecule has 1 saturated heterocycles. The van der Waals surface area contributed by atoms with Crippen LogP contribution in [0, 0.1) is 22.5 Å². The zero-order valence-electron chi connectivity index (χ0n) is 10.9. The third kappa shape index (κ3) is 2.38. The Morgan fingerprint density at radius 2 is 2.21 bits per heavy atom.